The van der Waals surface area contributed by atoms with Gasteiger partial charge in [0.05, 0.1) is 4.75 Å². The third-order valence-corrected chi connectivity index (χ3v) is 5.91. The van der Waals surface area contributed by atoms with Crippen LogP contribution in [-0.4, -0.2) is 32.0 Å². The van der Waals surface area contributed by atoms with Crippen molar-refractivity contribution < 1.29 is 8.42 Å². The van der Waals surface area contributed by atoms with Crippen molar-refractivity contribution in [1.29, 1.82) is 0 Å². The molecule has 16 heavy (non-hydrogen) atoms. The maximum Gasteiger partial charge on any atom is 0.153 e. The number of hydrogen-bond donors (Lipinski definition) is 1. The fraction of sp³-hybridized carbons (Fsp3) is 1.00. The van der Waals surface area contributed by atoms with Gasteiger partial charge in [0.25, 0.3) is 0 Å². The molecule has 0 aromatic rings. The average molecular weight is 247 g/mol. The Kier molecular flexibility index (Phi) is 4.41. The van der Waals surface area contributed by atoms with Gasteiger partial charge in [-0.2, -0.15) is 0 Å². The summed E-state index contributed by atoms with van der Waals surface area (Å²) in [5.74, 6) is 0.771. The van der Waals surface area contributed by atoms with Gasteiger partial charge in [-0.05, 0) is 32.6 Å². The van der Waals surface area contributed by atoms with Crippen LogP contribution in [0.25, 0.3) is 0 Å². The van der Waals surface area contributed by atoms with Crippen LogP contribution in [0.3, 0.4) is 0 Å². The Hall–Kier alpha value is -0.0900. The quantitative estimate of drug-likeness (QED) is 0.826. The van der Waals surface area contributed by atoms with Crippen LogP contribution in [-0.2, 0) is 9.84 Å². The molecule has 0 aliphatic heterocycles. The van der Waals surface area contributed by atoms with Crippen LogP contribution in [0, 0.1) is 5.92 Å². The van der Waals surface area contributed by atoms with Gasteiger partial charge >= 0.3 is 0 Å². The van der Waals surface area contributed by atoms with Crippen molar-refractivity contribution in [2.24, 2.45) is 5.92 Å². The average Bonchev–Trinajstić information content (AvgIpc) is 2.13. The summed E-state index contributed by atoms with van der Waals surface area (Å²) in [6, 6.07) is 0.504. The molecule has 1 saturated carbocycles. The highest BCUT2D eigenvalue weighted by molar-refractivity contribution is 7.92. The van der Waals surface area contributed by atoms with E-state index in [1.165, 1.54) is 31.9 Å². The van der Waals surface area contributed by atoms with Crippen LogP contribution in [0.4, 0.5) is 0 Å². The van der Waals surface area contributed by atoms with Gasteiger partial charge in [-0.25, -0.2) is 8.42 Å². The molecule has 0 saturated heterocycles. The van der Waals surface area contributed by atoms with E-state index in [2.05, 4.69) is 12.2 Å². The predicted molar refractivity (Wildman–Crippen MR) is 68.3 cm³/mol. The van der Waals surface area contributed by atoms with Crippen LogP contribution in [0.1, 0.15) is 46.5 Å². The molecule has 2 atom stereocenters. The Labute approximate surface area is 99.9 Å². The Balaban J connectivity index is 2.45. The normalized spacial score (nSPS) is 28.0. The van der Waals surface area contributed by atoms with Crippen molar-refractivity contribution in [3.05, 3.63) is 0 Å². The number of rotatable bonds is 4. The van der Waals surface area contributed by atoms with Crippen LogP contribution in [0.2, 0.25) is 0 Å². The van der Waals surface area contributed by atoms with Crippen LogP contribution >= 0.6 is 0 Å². The van der Waals surface area contributed by atoms with Gasteiger partial charge in [-0.1, -0.05) is 19.8 Å². The second-order valence-electron chi connectivity index (χ2n) is 5.88. The molecule has 1 rings (SSSR count). The standard InChI is InChI=1S/C12H25NO2S/c1-10-6-5-7-11(8-10)13-9-12(2,3)16(4,14)15/h10-11,13H,5-9H2,1-4H3. The topological polar surface area (TPSA) is 46.2 Å². The lowest BCUT2D eigenvalue weighted by Gasteiger charge is -2.31. The molecule has 96 valence electrons. The molecule has 1 aliphatic carbocycles. The van der Waals surface area contributed by atoms with E-state index in [9.17, 15) is 8.42 Å². The first-order chi connectivity index (χ1) is 7.22. The molecule has 0 amide bonds. The van der Waals surface area contributed by atoms with Gasteiger partial charge in [-0.3, -0.25) is 0 Å². The van der Waals surface area contributed by atoms with Crippen molar-refractivity contribution in [2.45, 2.75) is 57.2 Å². The molecule has 1 aliphatic rings. The van der Waals surface area contributed by atoms with Gasteiger partial charge < -0.3 is 5.32 Å². The lowest BCUT2D eigenvalue weighted by atomic mass is 9.87. The highest BCUT2D eigenvalue weighted by Crippen LogP contribution is 2.24. The molecule has 0 radical (unpaired) electrons. The number of hydrogen-bond acceptors (Lipinski definition) is 3. The Morgan fingerprint density at radius 2 is 1.94 bits per heavy atom. The van der Waals surface area contributed by atoms with Gasteiger partial charge in [0.1, 0.15) is 0 Å². The van der Waals surface area contributed by atoms with E-state index in [1.807, 2.05) is 0 Å². The zero-order valence-corrected chi connectivity index (χ0v) is 11.7. The molecule has 0 heterocycles. The van der Waals surface area contributed by atoms with E-state index in [0.717, 1.165) is 5.92 Å². The van der Waals surface area contributed by atoms with Gasteiger partial charge in [0.2, 0.25) is 0 Å². The smallest absolute Gasteiger partial charge is 0.153 e. The fourth-order valence-corrected chi connectivity index (χ4v) is 2.49. The maximum absolute atomic E-state index is 11.6. The third-order valence-electron chi connectivity index (χ3n) is 3.76. The molecule has 0 bridgehead atoms. The van der Waals surface area contributed by atoms with Crippen LogP contribution in [0.5, 0.6) is 0 Å². The van der Waals surface area contributed by atoms with Crippen molar-refractivity contribution in [1.82, 2.24) is 5.32 Å². The first-order valence-corrected chi connectivity index (χ1v) is 8.04. The SMILES string of the molecule is CC1CCCC(NCC(C)(C)S(C)(=O)=O)C1. The zero-order chi connectivity index (χ0) is 12.4. The summed E-state index contributed by atoms with van der Waals surface area (Å²) in [5.41, 5.74) is 0. The summed E-state index contributed by atoms with van der Waals surface area (Å²) < 4.78 is 22.4. The molecule has 3 nitrogen and oxygen atoms in total. The highest BCUT2D eigenvalue weighted by Gasteiger charge is 2.31. The van der Waals surface area contributed by atoms with E-state index in [1.54, 1.807) is 13.8 Å². The first kappa shape index (κ1) is 14.0. The van der Waals surface area contributed by atoms with Crippen LogP contribution < -0.4 is 5.32 Å². The second-order valence-corrected chi connectivity index (χ2v) is 8.53. The number of sulfone groups is 1. The van der Waals surface area contributed by atoms with Crippen molar-refractivity contribution in [3.8, 4) is 0 Å². The van der Waals surface area contributed by atoms with Gasteiger partial charge in [-0.15, -0.1) is 0 Å². The monoisotopic (exact) mass is 247 g/mol. The minimum atomic E-state index is -2.98. The molecular weight excluding hydrogens is 222 g/mol. The Morgan fingerprint density at radius 3 is 2.44 bits per heavy atom. The van der Waals surface area contributed by atoms with E-state index >= 15 is 0 Å². The molecule has 0 aromatic carbocycles. The number of nitrogens with one attached hydrogen (secondary N) is 1. The first-order valence-electron chi connectivity index (χ1n) is 6.15. The molecular formula is C12H25NO2S. The maximum atomic E-state index is 11.6. The summed E-state index contributed by atoms with van der Waals surface area (Å²) in [7, 11) is -2.98. The van der Waals surface area contributed by atoms with E-state index in [4.69, 9.17) is 0 Å². The van der Waals surface area contributed by atoms with Crippen molar-refractivity contribution in [3.63, 3.8) is 0 Å². The predicted octanol–water partition coefficient (Wildman–Crippen LogP) is 1.98. The molecule has 1 fully saturated rings. The summed E-state index contributed by atoms with van der Waals surface area (Å²) in [4.78, 5) is 0. The molecule has 0 aromatic heterocycles. The molecule has 1 N–H and O–H groups in total. The van der Waals surface area contributed by atoms with E-state index < -0.39 is 14.6 Å². The summed E-state index contributed by atoms with van der Waals surface area (Å²) in [6.45, 7) is 6.42. The highest BCUT2D eigenvalue weighted by atomic mass is 32.2. The van der Waals surface area contributed by atoms with Gasteiger partial charge in [0.15, 0.2) is 9.84 Å². The van der Waals surface area contributed by atoms with Crippen LogP contribution in [0.15, 0.2) is 0 Å². The lowest BCUT2D eigenvalue weighted by Crippen LogP contribution is -2.46. The van der Waals surface area contributed by atoms with E-state index in [0.29, 0.717) is 12.6 Å². The largest absolute Gasteiger partial charge is 0.312 e. The minimum Gasteiger partial charge on any atom is -0.312 e. The van der Waals surface area contributed by atoms with Crippen molar-refractivity contribution >= 4 is 9.84 Å². The van der Waals surface area contributed by atoms with Gasteiger partial charge in [0, 0.05) is 18.8 Å². The Morgan fingerprint density at radius 1 is 1.31 bits per heavy atom. The third kappa shape index (κ3) is 3.74. The summed E-state index contributed by atoms with van der Waals surface area (Å²) in [5, 5.41) is 3.42. The lowest BCUT2D eigenvalue weighted by molar-refractivity contribution is 0.296. The Bertz CT molecular complexity index is 322. The minimum absolute atomic E-state index is 0.504. The summed E-state index contributed by atoms with van der Waals surface area (Å²) >= 11 is 0. The molecule has 4 heteroatoms. The molecule has 2 unspecified atom stereocenters. The second kappa shape index (κ2) is 5.05. The summed E-state index contributed by atoms with van der Waals surface area (Å²) in [6.07, 6.45) is 6.26. The fourth-order valence-electron chi connectivity index (χ4n) is 2.14. The zero-order valence-electron chi connectivity index (χ0n) is 10.9. The molecule has 0 spiro atoms. The van der Waals surface area contributed by atoms with E-state index in [-0.39, 0.29) is 0 Å². The van der Waals surface area contributed by atoms with Crippen molar-refractivity contribution in [2.75, 3.05) is 12.8 Å².